The van der Waals surface area contributed by atoms with E-state index < -0.39 is 0 Å². The normalized spacial score (nSPS) is 10.3. The Labute approximate surface area is 123 Å². The summed E-state index contributed by atoms with van der Waals surface area (Å²) < 4.78 is 0. The maximum atomic E-state index is 11.4. The molecule has 3 nitrogen and oxygen atoms in total. The molecule has 0 spiro atoms. The first-order valence-corrected chi connectivity index (χ1v) is 7.81. The average molecular weight is 276 g/mol. The molecule has 0 atom stereocenters. The molecule has 1 aromatic carbocycles. The number of carbonyl (C=O) groups excluding carboxylic acids is 1. The summed E-state index contributed by atoms with van der Waals surface area (Å²) in [6.07, 6.45) is 6.93. The Kier molecular flexibility index (Phi) is 7.78. The van der Waals surface area contributed by atoms with Gasteiger partial charge in [-0.05, 0) is 31.0 Å². The minimum atomic E-state index is 0.0550. The Morgan fingerprint density at radius 2 is 1.85 bits per heavy atom. The molecular weight excluding hydrogens is 248 g/mol. The lowest BCUT2D eigenvalue weighted by Gasteiger charge is -2.12. The first-order chi connectivity index (χ1) is 9.67. The number of carbonyl (C=O) groups is 1. The van der Waals surface area contributed by atoms with E-state index in [2.05, 4.69) is 24.5 Å². The van der Waals surface area contributed by atoms with E-state index in [1.54, 1.807) is 0 Å². The van der Waals surface area contributed by atoms with Crippen molar-refractivity contribution in [3.63, 3.8) is 0 Å². The molecule has 3 heteroatoms. The van der Waals surface area contributed by atoms with Crippen molar-refractivity contribution in [3.05, 3.63) is 23.8 Å². The van der Waals surface area contributed by atoms with Gasteiger partial charge in [0.2, 0.25) is 5.91 Å². The van der Waals surface area contributed by atoms with Crippen LogP contribution in [0.4, 0.5) is 11.4 Å². The van der Waals surface area contributed by atoms with Crippen molar-refractivity contribution in [3.8, 4) is 0 Å². The summed E-state index contributed by atoms with van der Waals surface area (Å²) in [4.78, 5) is 11.4. The van der Waals surface area contributed by atoms with E-state index in [1.165, 1.54) is 37.7 Å². The van der Waals surface area contributed by atoms with Crippen molar-refractivity contribution in [1.29, 1.82) is 0 Å². The van der Waals surface area contributed by atoms with E-state index in [9.17, 15) is 4.79 Å². The molecule has 1 aromatic rings. The van der Waals surface area contributed by atoms with Gasteiger partial charge in [0, 0.05) is 24.3 Å². The molecule has 0 aliphatic heterocycles. The fourth-order valence-corrected chi connectivity index (χ4v) is 2.09. The molecule has 0 unspecified atom stereocenters. The van der Waals surface area contributed by atoms with Crippen molar-refractivity contribution in [1.82, 2.24) is 0 Å². The number of hydrogen-bond donors (Lipinski definition) is 2. The van der Waals surface area contributed by atoms with E-state index >= 15 is 0 Å². The fraction of sp³-hybridized carbons (Fsp3) is 0.588. The first kappa shape index (κ1) is 16.5. The highest BCUT2D eigenvalue weighted by Crippen LogP contribution is 2.20. The van der Waals surface area contributed by atoms with Gasteiger partial charge in [-0.25, -0.2) is 0 Å². The van der Waals surface area contributed by atoms with Gasteiger partial charge in [-0.15, -0.1) is 0 Å². The third-order valence-electron chi connectivity index (χ3n) is 3.44. The molecule has 112 valence electrons. The fourth-order valence-electron chi connectivity index (χ4n) is 2.09. The molecule has 0 aliphatic rings. The maximum Gasteiger partial charge on any atom is 0.224 e. The zero-order valence-electron chi connectivity index (χ0n) is 13.1. The van der Waals surface area contributed by atoms with Crippen LogP contribution in [-0.2, 0) is 4.79 Å². The van der Waals surface area contributed by atoms with E-state index in [-0.39, 0.29) is 5.91 Å². The zero-order valence-corrected chi connectivity index (χ0v) is 13.1. The van der Waals surface area contributed by atoms with Gasteiger partial charge < -0.3 is 10.6 Å². The number of aryl methyl sites for hydroxylation is 1. The van der Waals surface area contributed by atoms with Crippen LogP contribution in [0.15, 0.2) is 18.2 Å². The van der Waals surface area contributed by atoms with Crippen LogP contribution in [0.3, 0.4) is 0 Å². The van der Waals surface area contributed by atoms with Gasteiger partial charge in [-0.2, -0.15) is 0 Å². The Morgan fingerprint density at radius 3 is 2.55 bits per heavy atom. The van der Waals surface area contributed by atoms with Crippen LogP contribution < -0.4 is 10.6 Å². The van der Waals surface area contributed by atoms with Crippen LogP contribution in [0.25, 0.3) is 0 Å². The van der Waals surface area contributed by atoms with Gasteiger partial charge in [0.05, 0.1) is 0 Å². The van der Waals surface area contributed by atoms with Crippen molar-refractivity contribution in [2.24, 2.45) is 0 Å². The number of benzene rings is 1. The smallest absolute Gasteiger partial charge is 0.224 e. The Morgan fingerprint density at radius 1 is 1.10 bits per heavy atom. The maximum absolute atomic E-state index is 11.4. The summed E-state index contributed by atoms with van der Waals surface area (Å²) in [5.74, 6) is 0.0550. The molecule has 0 saturated heterocycles. The number of hydrogen-bond acceptors (Lipinski definition) is 2. The summed E-state index contributed by atoms with van der Waals surface area (Å²) in [6.45, 7) is 7.18. The van der Waals surface area contributed by atoms with Crippen molar-refractivity contribution < 1.29 is 4.79 Å². The van der Waals surface area contributed by atoms with Crippen LogP contribution in [0.2, 0.25) is 0 Å². The lowest BCUT2D eigenvalue weighted by molar-refractivity contribution is -0.115. The topological polar surface area (TPSA) is 41.1 Å². The quantitative estimate of drug-likeness (QED) is 0.640. The summed E-state index contributed by atoms with van der Waals surface area (Å²) in [7, 11) is 0. The van der Waals surface area contributed by atoms with Crippen molar-refractivity contribution in [2.75, 3.05) is 17.2 Å². The molecule has 20 heavy (non-hydrogen) atoms. The van der Waals surface area contributed by atoms with E-state index in [1.807, 2.05) is 25.1 Å². The predicted octanol–water partition coefficient (Wildman–Crippen LogP) is 4.73. The average Bonchev–Trinajstić information content (AvgIpc) is 2.45. The molecule has 0 saturated carbocycles. The Hall–Kier alpha value is -1.51. The molecule has 1 amide bonds. The van der Waals surface area contributed by atoms with Crippen LogP contribution in [-0.4, -0.2) is 12.5 Å². The second-order valence-corrected chi connectivity index (χ2v) is 5.27. The number of rotatable bonds is 9. The van der Waals surface area contributed by atoms with Crippen molar-refractivity contribution in [2.45, 2.75) is 59.3 Å². The molecule has 2 N–H and O–H groups in total. The van der Waals surface area contributed by atoms with E-state index in [4.69, 9.17) is 0 Å². The van der Waals surface area contributed by atoms with Gasteiger partial charge >= 0.3 is 0 Å². The molecule has 0 bridgehead atoms. The van der Waals surface area contributed by atoms with Crippen LogP contribution in [0.5, 0.6) is 0 Å². The molecular formula is C17H28N2O. The summed E-state index contributed by atoms with van der Waals surface area (Å²) in [5.41, 5.74) is 3.21. The molecule has 0 aliphatic carbocycles. The highest BCUT2D eigenvalue weighted by Gasteiger charge is 2.02. The third kappa shape index (κ3) is 6.09. The second-order valence-electron chi connectivity index (χ2n) is 5.27. The zero-order chi connectivity index (χ0) is 14.8. The SMILES string of the molecule is CCCCCCCNc1cc(NC(=O)CC)ccc1C. The van der Waals surface area contributed by atoms with E-state index in [0.717, 1.165) is 17.9 Å². The van der Waals surface area contributed by atoms with Gasteiger partial charge in [-0.3, -0.25) is 4.79 Å². The van der Waals surface area contributed by atoms with Crippen LogP contribution in [0.1, 0.15) is 57.9 Å². The van der Waals surface area contributed by atoms with E-state index in [0.29, 0.717) is 6.42 Å². The monoisotopic (exact) mass is 276 g/mol. The highest BCUT2D eigenvalue weighted by atomic mass is 16.1. The number of amides is 1. The van der Waals surface area contributed by atoms with Gasteiger partial charge in [0.15, 0.2) is 0 Å². The molecule has 0 radical (unpaired) electrons. The Balaban J connectivity index is 2.43. The molecule has 0 aromatic heterocycles. The van der Waals surface area contributed by atoms with Gasteiger partial charge in [0.25, 0.3) is 0 Å². The minimum Gasteiger partial charge on any atom is -0.385 e. The van der Waals surface area contributed by atoms with Crippen molar-refractivity contribution >= 4 is 17.3 Å². The summed E-state index contributed by atoms with van der Waals surface area (Å²) >= 11 is 0. The van der Waals surface area contributed by atoms with Crippen LogP contribution in [0, 0.1) is 6.92 Å². The number of unbranched alkanes of at least 4 members (excludes halogenated alkanes) is 4. The number of anilines is 2. The Bertz CT molecular complexity index is 415. The first-order valence-electron chi connectivity index (χ1n) is 7.81. The minimum absolute atomic E-state index is 0.0550. The van der Waals surface area contributed by atoms with Crippen LogP contribution >= 0.6 is 0 Å². The third-order valence-corrected chi connectivity index (χ3v) is 3.44. The summed E-state index contributed by atoms with van der Waals surface area (Å²) in [5, 5.41) is 6.37. The molecule has 0 fully saturated rings. The molecule has 1 rings (SSSR count). The molecule has 0 heterocycles. The summed E-state index contributed by atoms with van der Waals surface area (Å²) in [6, 6.07) is 6.02. The lowest BCUT2D eigenvalue weighted by atomic mass is 10.1. The second kappa shape index (κ2) is 9.40. The predicted molar refractivity (Wildman–Crippen MR) is 87.3 cm³/mol. The standard InChI is InChI=1S/C17H28N2O/c1-4-6-7-8-9-12-18-16-13-15(11-10-14(16)3)19-17(20)5-2/h10-11,13,18H,4-9,12H2,1-3H3,(H,19,20). The van der Waals surface area contributed by atoms with Gasteiger partial charge in [0.1, 0.15) is 0 Å². The number of nitrogens with one attached hydrogen (secondary N) is 2. The highest BCUT2D eigenvalue weighted by molar-refractivity contribution is 5.91. The van der Waals surface area contributed by atoms with Gasteiger partial charge in [-0.1, -0.05) is 45.6 Å². The lowest BCUT2D eigenvalue weighted by Crippen LogP contribution is -2.10. The largest absolute Gasteiger partial charge is 0.385 e.